The molecule has 0 amide bonds. The van der Waals surface area contributed by atoms with Crippen molar-refractivity contribution in [3.8, 4) is 5.75 Å². The van der Waals surface area contributed by atoms with Crippen LogP contribution >= 0.6 is 11.6 Å². The van der Waals surface area contributed by atoms with Crippen LogP contribution in [0, 0.1) is 5.41 Å². The summed E-state index contributed by atoms with van der Waals surface area (Å²) in [7, 11) is 0. The molecule has 1 saturated carbocycles. The Bertz CT molecular complexity index is 457. The van der Waals surface area contributed by atoms with E-state index < -0.39 is 0 Å². The molecule has 1 aliphatic rings. The quantitative estimate of drug-likeness (QED) is 0.662. The SMILES string of the molecule is CCC1(CC)C(Cl)CC1Oc1cccc(C(C)(C)C)c1. The Morgan fingerprint density at radius 2 is 1.90 bits per heavy atom. The first-order valence-corrected chi connectivity index (χ1v) is 8.18. The van der Waals surface area contributed by atoms with Crippen molar-refractivity contribution in [1.29, 1.82) is 0 Å². The molecule has 0 radical (unpaired) electrons. The lowest BCUT2D eigenvalue weighted by Gasteiger charge is -2.52. The maximum atomic E-state index is 6.46. The van der Waals surface area contributed by atoms with Crippen molar-refractivity contribution in [2.75, 3.05) is 0 Å². The van der Waals surface area contributed by atoms with Crippen LogP contribution in [0.25, 0.3) is 0 Å². The Kier molecular flexibility index (Phi) is 4.39. The molecule has 112 valence electrons. The van der Waals surface area contributed by atoms with E-state index in [1.807, 2.05) is 0 Å². The van der Waals surface area contributed by atoms with Crippen LogP contribution in [0.5, 0.6) is 5.75 Å². The number of ether oxygens (including phenoxy) is 1. The minimum absolute atomic E-state index is 0.152. The van der Waals surface area contributed by atoms with Gasteiger partial charge in [-0.05, 0) is 36.0 Å². The summed E-state index contributed by atoms with van der Waals surface area (Å²) < 4.78 is 6.27. The average molecular weight is 295 g/mol. The van der Waals surface area contributed by atoms with Gasteiger partial charge in [0.1, 0.15) is 11.9 Å². The summed E-state index contributed by atoms with van der Waals surface area (Å²) in [5.41, 5.74) is 1.62. The third-order valence-electron chi connectivity index (χ3n) is 4.98. The predicted octanol–water partition coefficient (Wildman–Crippen LogP) is 5.55. The first kappa shape index (κ1) is 15.7. The fourth-order valence-corrected chi connectivity index (χ4v) is 3.82. The lowest BCUT2D eigenvalue weighted by atomic mass is 9.62. The highest BCUT2D eigenvalue weighted by Gasteiger charge is 2.53. The van der Waals surface area contributed by atoms with E-state index in [-0.39, 0.29) is 22.3 Å². The minimum atomic E-state index is 0.152. The van der Waals surface area contributed by atoms with Gasteiger partial charge in [0.25, 0.3) is 0 Å². The average Bonchev–Trinajstić information content (AvgIpc) is 2.39. The molecular weight excluding hydrogens is 268 g/mol. The van der Waals surface area contributed by atoms with E-state index in [2.05, 4.69) is 58.9 Å². The standard InChI is InChI=1S/C18H27ClO/c1-6-18(7-2)15(19)12-16(18)20-14-10-8-9-13(11-14)17(3,4)5/h8-11,15-16H,6-7,12H2,1-5H3. The Labute approximate surface area is 128 Å². The molecule has 0 aromatic heterocycles. The second-order valence-corrected chi connectivity index (χ2v) is 7.55. The van der Waals surface area contributed by atoms with Gasteiger partial charge in [0.15, 0.2) is 0 Å². The Hall–Kier alpha value is -0.690. The lowest BCUT2D eigenvalue weighted by molar-refractivity contribution is -0.0462. The molecule has 1 aromatic rings. The number of hydrogen-bond acceptors (Lipinski definition) is 1. The van der Waals surface area contributed by atoms with Gasteiger partial charge in [0, 0.05) is 17.2 Å². The normalized spacial score (nSPS) is 25.1. The van der Waals surface area contributed by atoms with E-state index in [4.69, 9.17) is 16.3 Å². The van der Waals surface area contributed by atoms with Gasteiger partial charge in [-0.3, -0.25) is 0 Å². The third kappa shape index (κ3) is 2.70. The molecule has 1 aliphatic carbocycles. The van der Waals surface area contributed by atoms with E-state index in [1.165, 1.54) is 5.56 Å². The molecule has 2 atom stereocenters. The molecule has 0 N–H and O–H groups in total. The largest absolute Gasteiger partial charge is 0.490 e. The third-order valence-corrected chi connectivity index (χ3v) is 5.59. The van der Waals surface area contributed by atoms with Gasteiger partial charge in [0.05, 0.1) is 0 Å². The minimum Gasteiger partial charge on any atom is -0.490 e. The molecule has 1 nitrogen and oxygen atoms in total. The summed E-state index contributed by atoms with van der Waals surface area (Å²) in [5, 5.41) is 0.258. The van der Waals surface area contributed by atoms with E-state index in [9.17, 15) is 0 Å². The predicted molar refractivity (Wildman–Crippen MR) is 86.8 cm³/mol. The number of halogens is 1. The van der Waals surface area contributed by atoms with Crippen LogP contribution in [0.3, 0.4) is 0 Å². The highest BCUT2D eigenvalue weighted by atomic mass is 35.5. The zero-order chi connectivity index (χ0) is 15.0. The summed E-state index contributed by atoms with van der Waals surface area (Å²) in [6.07, 6.45) is 3.39. The van der Waals surface area contributed by atoms with Crippen LogP contribution in [0.1, 0.15) is 59.4 Å². The second-order valence-electron chi connectivity index (χ2n) is 7.03. The van der Waals surface area contributed by atoms with Crippen molar-refractivity contribution in [2.24, 2.45) is 5.41 Å². The Morgan fingerprint density at radius 3 is 2.40 bits per heavy atom. The molecule has 20 heavy (non-hydrogen) atoms. The summed E-state index contributed by atoms with van der Waals surface area (Å²) in [4.78, 5) is 0. The van der Waals surface area contributed by atoms with E-state index >= 15 is 0 Å². The van der Waals surface area contributed by atoms with Crippen LogP contribution < -0.4 is 4.74 Å². The summed E-state index contributed by atoms with van der Waals surface area (Å²) >= 11 is 6.46. The molecule has 1 aromatic carbocycles. The van der Waals surface area contributed by atoms with Crippen molar-refractivity contribution in [3.63, 3.8) is 0 Å². The lowest BCUT2D eigenvalue weighted by Crippen LogP contribution is -2.56. The first-order valence-electron chi connectivity index (χ1n) is 7.74. The fraction of sp³-hybridized carbons (Fsp3) is 0.667. The van der Waals surface area contributed by atoms with Crippen molar-refractivity contribution < 1.29 is 4.74 Å². The van der Waals surface area contributed by atoms with Crippen LogP contribution in [0.15, 0.2) is 24.3 Å². The number of hydrogen-bond donors (Lipinski definition) is 0. The molecule has 2 rings (SSSR count). The fourth-order valence-electron chi connectivity index (χ4n) is 3.21. The van der Waals surface area contributed by atoms with Gasteiger partial charge in [0.2, 0.25) is 0 Å². The van der Waals surface area contributed by atoms with Crippen molar-refractivity contribution >= 4 is 11.6 Å². The molecule has 2 unspecified atom stereocenters. The van der Waals surface area contributed by atoms with Crippen molar-refractivity contribution in [1.82, 2.24) is 0 Å². The molecule has 0 spiro atoms. The van der Waals surface area contributed by atoms with Crippen LogP contribution in [0.4, 0.5) is 0 Å². The van der Waals surface area contributed by atoms with E-state index in [0.717, 1.165) is 25.0 Å². The topological polar surface area (TPSA) is 9.23 Å². The maximum absolute atomic E-state index is 6.46. The molecule has 2 heteroatoms. The second kappa shape index (κ2) is 5.60. The maximum Gasteiger partial charge on any atom is 0.120 e. The molecule has 0 bridgehead atoms. The zero-order valence-corrected chi connectivity index (χ0v) is 14.1. The smallest absolute Gasteiger partial charge is 0.120 e. The molecule has 0 aliphatic heterocycles. The van der Waals surface area contributed by atoms with Gasteiger partial charge in [-0.2, -0.15) is 0 Å². The Morgan fingerprint density at radius 1 is 1.25 bits per heavy atom. The molecule has 0 heterocycles. The van der Waals surface area contributed by atoms with Crippen molar-refractivity contribution in [2.45, 2.75) is 70.8 Å². The molecular formula is C18H27ClO. The molecule has 0 saturated heterocycles. The zero-order valence-electron chi connectivity index (χ0n) is 13.4. The van der Waals surface area contributed by atoms with Crippen LogP contribution in [-0.4, -0.2) is 11.5 Å². The van der Waals surface area contributed by atoms with Crippen LogP contribution in [-0.2, 0) is 5.41 Å². The highest BCUT2D eigenvalue weighted by Crippen LogP contribution is 2.51. The van der Waals surface area contributed by atoms with Gasteiger partial charge in [-0.25, -0.2) is 0 Å². The summed E-state index contributed by atoms with van der Waals surface area (Å²) in [6.45, 7) is 11.1. The van der Waals surface area contributed by atoms with Gasteiger partial charge in [-0.1, -0.05) is 46.8 Å². The summed E-state index contributed by atoms with van der Waals surface area (Å²) in [6, 6.07) is 8.50. The van der Waals surface area contributed by atoms with Crippen LogP contribution in [0.2, 0.25) is 0 Å². The van der Waals surface area contributed by atoms with E-state index in [0.29, 0.717) is 0 Å². The number of rotatable bonds is 4. The monoisotopic (exact) mass is 294 g/mol. The van der Waals surface area contributed by atoms with Gasteiger partial charge in [-0.15, -0.1) is 11.6 Å². The summed E-state index contributed by atoms with van der Waals surface area (Å²) in [5.74, 6) is 0.984. The highest BCUT2D eigenvalue weighted by molar-refractivity contribution is 6.21. The number of alkyl halides is 1. The molecule has 1 fully saturated rings. The van der Waals surface area contributed by atoms with Crippen molar-refractivity contribution in [3.05, 3.63) is 29.8 Å². The van der Waals surface area contributed by atoms with Gasteiger partial charge >= 0.3 is 0 Å². The Balaban J connectivity index is 2.15. The first-order chi connectivity index (χ1) is 9.33. The van der Waals surface area contributed by atoms with E-state index in [1.54, 1.807) is 0 Å². The number of benzene rings is 1. The van der Waals surface area contributed by atoms with Gasteiger partial charge < -0.3 is 4.74 Å².